The number of Topliss-reactive ketones (excluding diaryl/α,β-unsaturated/α-hetero) is 1. The van der Waals surface area contributed by atoms with Crippen LogP contribution in [0.3, 0.4) is 0 Å². The number of hydrogen-bond donors (Lipinski definition) is 1. The lowest BCUT2D eigenvalue weighted by Crippen LogP contribution is -2.38. The van der Waals surface area contributed by atoms with Crippen molar-refractivity contribution in [3.63, 3.8) is 0 Å². The van der Waals surface area contributed by atoms with E-state index in [1.165, 1.54) is 0 Å². The van der Waals surface area contributed by atoms with E-state index < -0.39 is 5.60 Å². The van der Waals surface area contributed by atoms with Crippen molar-refractivity contribution in [2.24, 2.45) is 17.3 Å². The first-order valence-corrected chi connectivity index (χ1v) is 4.61. The zero-order valence-corrected chi connectivity index (χ0v) is 7.92. The van der Waals surface area contributed by atoms with Gasteiger partial charge in [0.2, 0.25) is 0 Å². The Morgan fingerprint density at radius 1 is 1.33 bits per heavy atom. The average molecular weight is 168 g/mol. The van der Waals surface area contributed by atoms with Crippen LogP contribution in [0.5, 0.6) is 0 Å². The van der Waals surface area contributed by atoms with E-state index in [0.29, 0.717) is 30.1 Å². The van der Waals surface area contributed by atoms with Crippen LogP contribution in [0.1, 0.15) is 33.6 Å². The lowest BCUT2D eigenvalue weighted by molar-refractivity contribution is -0.139. The number of rotatable bonds is 0. The third-order valence-corrected chi connectivity index (χ3v) is 3.91. The summed E-state index contributed by atoms with van der Waals surface area (Å²) in [6.45, 7) is 6.04. The van der Waals surface area contributed by atoms with Gasteiger partial charge in [-0.05, 0) is 30.6 Å². The number of aliphatic hydroxyl groups is 1. The van der Waals surface area contributed by atoms with Gasteiger partial charge in [-0.2, -0.15) is 0 Å². The minimum Gasteiger partial charge on any atom is -0.382 e. The standard InChI is InChI=1S/C10H16O2/c1-9(2)6-4-8(11)10(3,12)5-7(6)9/h6-7,12H,4-5H2,1-3H3/t6-,7+,10-/m1/s1. The summed E-state index contributed by atoms with van der Waals surface area (Å²) in [6.07, 6.45) is 1.26. The SMILES string of the molecule is CC1(C)[C@@H]2CC(=O)[C@](C)(O)C[C@@H]21. The van der Waals surface area contributed by atoms with Crippen molar-refractivity contribution in [1.82, 2.24) is 0 Å². The van der Waals surface area contributed by atoms with Gasteiger partial charge < -0.3 is 5.11 Å². The monoisotopic (exact) mass is 168 g/mol. The summed E-state index contributed by atoms with van der Waals surface area (Å²) in [7, 11) is 0. The molecule has 68 valence electrons. The zero-order valence-electron chi connectivity index (χ0n) is 7.92. The summed E-state index contributed by atoms with van der Waals surface area (Å²) in [5.74, 6) is 1.16. The minimum absolute atomic E-state index is 0.0364. The largest absolute Gasteiger partial charge is 0.382 e. The second-order valence-electron chi connectivity index (χ2n) is 5.14. The van der Waals surface area contributed by atoms with Gasteiger partial charge in [-0.15, -0.1) is 0 Å². The maximum atomic E-state index is 11.4. The predicted octanol–water partition coefficient (Wildman–Crippen LogP) is 1.37. The molecule has 0 saturated heterocycles. The fourth-order valence-electron chi connectivity index (χ4n) is 2.63. The van der Waals surface area contributed by atoms with E-state index in [1.807, 2.05) is 0 Å². The maximum absolute atomic E-state index is 11.4. The predicted molar refractivity (Wildman–Crippen MR) is 45.6 cm³/mol. The third kappa shape index (κ3) is 0.875. The first-order valence-electron chi connectivity index (χ1n) is 4.61. The quantitative estimate of drug-likeness (QED) is 0.593. The van der Waals surface area contributed by atoms with Crippen LogP contribution < -0.4 is 0 Å². The summed E-state index contributed by atoms with van der Waals surface area (Å²) in [5.41, 5.74) is -0.731. The smallest absolute Gasteiger partial charge is 0.164 e. The number of hydrogen-bond acceptors (Lipinski definition) is 2. The Morgan fingerprint density at radius 3 is 2.42 bits per heavy atom. The van der Waals surface area contributed by atoms with E-state index in [1.54, 1.807) is 6.92 Å². The van der Waals surface area contributed by atoms with Gasteiger partial charge in [0.15, 0.2) is 5.78 Å². The highest BCUT2D eigenvalue weighted by molar-refractivity contribution is 5.88. The molecular formula is C10H16O2. The van der Waals surface area contributed by atoms with Gasteiger partial charge in [0.25, 0.3) is 0 Å². The van der Waals surface area contributed by atoms with Crippen molar-refractivity contribution < 1.29 is 9.90 Å². The maximum Gasteiger partial charge on any atom is 0.164 e. The molecule has 3 atom stereocenters. The van der Waals surface area contributed by atoms with Crippen LogP contribution >= 0.6 is 0 Å². The van der Waals surface area contributed by atoms with E-state index in [4.69, 9.17) is 0 Å². The molecule has 0 spiro atoms. The van der Waals surface area contributed by atoms with E-state index >= 15 is 0 Å². The molecule has 0 bridgehead atoms. The highest BCUT2D eigenvalue weighted by atomic mass is 16.3. The second-order valence-corrected chi connectivity index (χ2v) is 5.14. The Labute approximate surface area is 73.0 Å². The molecule has 1 N–H and O–H groups in total. The number of carbonyl (C=O) groups excluding carboxylic acids is 1. The number of ketones is 1. The molecule has 0 unspecified atom stereocenters. The number of fused-ring (bicyclic) bond motifs is 1. The fourth-order valence-corrected chi connectivity index (χ4v) is 2.63. The Kier molecular flexibility index (Phi) is 1.32. The molecule has 0 aromatic carbocycles. The Hall–Kier alpha value is -0.370. The van der Waals surface area contributed by atoms with Crippen molar-refractivity contribution >= 4 is 5.78 Å². The molecule has 12 heavy (non-hydrogen) atoms. The van der Waals surface area contributed by atoms with Gasteiger partial charge in [-0.3, -0.25) is 4.79 Å². The molecule has 2 nitrogen and oxygen atoms in total. The fraction of sp³-hybridized carbons (Fsp3) is 0.900. The lowest BCUT2D eigenvalue weighted by atomic mass is 9.85. The summed E-state index contributed by atoms with van der Waals surface area (Å²) in [5, 5.41) is 9.72. The molecule has 2 heteroatoms. The van der Waals surface area contributed by atoms with Crippen LogP contribution in [0.25, 0.3) is 0 Å². The van der Waals surface area contributed by atoms with E-state index in [2.05, 4.69) is 13.8 Å². The molecule has 2 aliphatic carbocycles. The molecule has 2 fully saturated rings. The molecule has 0 heterocycles. The van der Waals surface area contributed by atoms with Gasteiger partial charge in [0, 0.05) is 6.42 Å². The first-order chi connectivity index (χ1) is 5.36. The second kappa shape index (κ2) is 1.92. The van der Waals surface area contributed by atoms with Gasteiger partial charge in [-0.25, -0.2) is 0 Å². The Morgan fingerprint density at radius 2 is 1.92 bits per heavy atom. The van der Waals surface area contributed by atoms with Crippen molar-refractivity contribution in [2.45, 2.75) is 39.2 Å². The van der Waals surface area contributed by atoms with E-state index in [9.17, 15) is 9.90 Å². The van der Waals surface area contributed by atoms with E-state index in [0.717, 1.165) is 0 Å². The van der Waals surface area contributed by atoms with Gasteiger partial charge in [0.1, 0.15) is 5.60 Å². The molecule has 2 rings (SSSR count). The Balaban J connectivity index is 2.19. The Bertz CT molecular complexity index is 240. The molecule has 2 aliphatic rings. The minimum atomic E-state index is -1.03. The molecular weight excluding hydrogens is 152 g/mol. The highest BCUT2D eigenvalue weighted by Crippen LogP contribution is 2.65. The van der Waals surface area contributed by atoms with Gasteiger partial charge in [0.05, 0.1) is 0 Å². The molecule has 0 aliphatic heterocycles. The zero-order chi connectivity index (χ0) is 9.15. The summed E-state index contributed by atoms with van der Waals surface area (Å²) < 4.78 is 0. The topological polar surface area (TPSA) is 37.3 Å². The van der Waals surface area contributed by atoms with Gasteiger partial charge >= 0.3 is 0 Å². The summed E-state index contributed by atoms with van der Waals surface area (Å²) in [6, 6.07) is 0. The van der Waals surface area contributed by atoms with Crippen molar-refractivity contribution in [3.8, 4) is 0 Å². The van der Waals surface area contributed by atoms with Crippen molar-refractivity contribution in [3.05, 3.63) is 0 Å². The molecule has 0 amide bonds. The van der Waals surface area contributed by atoms with E-state index in [-0.39, 0.29) is 5.78 Å². The normalized spacial score (nSPS) is 50.2. The summed E-state index contributed by atoms with van der Waals surface area (Å²) >= 11 is 0. The molecule has 0 aromatic heterocycles. The van der Waals surface area contributed by atoms with Crippen LogP contribution in [-0.4, -0.2) is 16.5 Å². The van der Waals surface area contributed by atoms with Crippen LogP contribution in [-0.2, 0) is 4.79 Å². The molecule has 0 aromatic rings. The highest BCUT2D eigenvalue weighted by Gasteiger charge is 2.63. The number of carbonyl (C=O) groups is 1. The summed E-state index contributed by atoms with van der Waals surface area (Å²) in [4.78, 5) is 11.4. The average Bonchev–Trinajstić information content (AvgIpc) is 2.37. The van der Waals surface area contributed by atoms with Crippen LogP contribution in [0.2, 0.25) is 0 Å². The first kappa shape index (κ1) is 8.24. The van der Waals surface area contributed by atoms with Gasteiger partial charge in [-0.1, -0.05) is 13.8 Å². The van der Waals surface area contributed by atoms with Crippen LogP contribution in [0, 0.1) is 17.3 Å². The third-order valence-electron chi connectivity index (χ3n) is 3.91. The lowest BCUT2D eigenvalue weighted by Gasteiger charge is -2.25. The van der Waals surface area contributed by atoms with Crippen molar-refractivity contribution in [1.29, 1.82) is 0 Å². The van der Waals surface area contributed by atoms with Crippen LogP contribution in [0.15, 0.2) is 0 Å². The molecule has 0 radical (unpaired) electrons. The van der Waals surface area contributed by atoms with Crippen molar-refractivity contribution in [2.75, 3.05) is 0 Å². The van der Waals surface area contributed by atoms with Crippen LogP contribution in [0.4, 0.5) is 0 Å². The molecule has 2 saturated carbocycles.